The van der Waals surface area contributed by atoms with E-state index in [0.29, 0.717) is 44.0 Å². The van der Waals surface area contributed by atoms with Crippen LogP contribution in [0.2, 0.25) is 0 Å². The van der Waals surface area contributed by atoms with E-state index in [1.165, 1.54) is 34.0 Å². The summed E-state index contributed by atoms with van der Waals surface area (Å²) >= 11 is 1.39. The van der Waals surface area contributed by atoms with Crippen molar-refractivity contribution in [1.29, 1.82) is 0 Å². The van der Waals surface area contributed by atoms with Crippen LogP contribution in [-0.4, -0.2) is 65.7 Å². The van der Waals surface area contributed by atoms with Crippen molar-refractivity contribution >= 4 is 37.5 Å². The molecule has 160 valence electrons. The third-order valence-electron chi connectivity index (χ3n) is 5.27. The van der Waals surface area contributed by atoms with E-state index < -0.39 is 10.0 Å². The van der Waals surface area contributed by atoms with E-state index in [9.17, 15) is 17.6 Å². The first kappa shape index (κ1) is 21.0. The average molecular weight is 451 g/mol. The van der Waals surface area contributed by atoms with Crippen molar-refractivity contribution < 1.29 is 17.6 Å². The van der Waals surface area contributed by atoms with Gasteiger partial charge in [-0.2, -0.15) is 5.10 Å². The lowest BCUT2D eigenvalue weighted by atomic mass is 10.2. The van der Waals surface area contributed by atoms with Crippen LogP contribution >= 0.6 is 11.3 Å². The summed E-state index contributed by atoms with van der Waals surface area (Å²) in [5.41, 5.74) is 1.76. The number of sulfonamides is 1. The Morgan fingerprint density at radius 3 is 2.60 bits per heavy atom. The van der Waals surface area contributed by atoms with Gasteiger partial charge in [0.05, 0.1) is 23.4 Å². The van der Waals surface area contributed by atoms with E-state index in [1.54, 1.807) is 17.0 Å². The maximum atomic E-state index is 13.2. The van der Waals surface area contributed by atoms with Crippen LogP contribution < -0.4 is 0 Å². The van der Waals surface area contributed by atoms with Gasteiger partial charge in [0.2, 0.25) is 10.0 Å². The fraction of sp³-hybridized carbons (Fsp3) is 0.400. The molecular weight excluding hydrogens is 427 g/mol. The summed E-state index contributed by atoms with van der Waals surface area (Å²) in [5.74, 6) is -0.365. The zero-order valence-electron chi connectivity index (χ0n) is 16.8. The Morgan fingerprint density at radius 2 is 1.90 bits per heavy atom. The highest BCUT2D eigenvalue weighted by molar-refractivity contribution is 7.88. The average Bonchev–Trinajstić information content (AvgIpc) is 3.13. The number of fused-ring (bicyclic) bond motifs is 1. The summed E-state index contributed by atoms with van der Waals surface area (Å²) in [6, 6.07) is 8.16. The molecule has 0 aliphatic carbocycles. The number of carbonyl (C=O) groups is 1. The van der Waals surface area contributed by atoms with Gasteiger partial charge in [0.1, 0.15) is 10.6 Å². The molecule has 30 heavy (non-hydrogen) atoms. The summed E-state index contributed by atoms with van der Waals surface area (Å²) < 4.78 is 40.0. The van der Waals surface area contributed by atoms with E-state index in [1.807, 2.05) is 17.7 Å². The molecule has 0 radical (unpaired) electrons. The molecule has 1 aliphatic rings. The number of benzene rings is 1. The molecule has 0 N–H and O–H groups in total. The van der Waals surface area contributed by atoms with E-state index in [4.69, 9.17) is 0 Å². The van der Waals surface area contributed by atoms with Gasteiger partial charge >= 0.3 is 0 Å². The van der Waals surface area contributed by atoms with Crippen LogP contribution in [0.1, 0.15) is 27.3 Å². The number of aromatic nitrogens is 2. The Labute approximate surface area is 178 Å². The fourth-order valence-electron chi connectivity index (χ4n) is 3.67. The molecule has 1 aliphatic heterocycles. The molecule has 3 aromatic rings. The van der Waals surface area contributed by atoms with E-state index >= 15 is 0 Å². The number of amides is 1. The van der Waals surface area contributed by atoms with Crippen molar-refractivity contribution in [2.24, 2.45) is 0 Å². The lowest BCUT2D eigenvalue weighted by molar-refractivity contribution is 0.0769. The lowest BCUT2D eigenvalue weighted by Crippen LogP contribution is -2.36. The van der Waals surface area contributed by atoms with Gasteiger partial charge in [-0.25, -0.2) is 17.1 Å². The molecule has 0 bridgehead atoms. The smallest absolute Gasteiger partial charge is 0.264 e. The fourth-order valence-corrected chi connectivity index (χ4v) is 5.68. The minimum Gasteiger partial charge on any atom is -0.337 e. The number of aryl methyl sites for hydroxylation is 1. The zero-order valence-corrected chi connectivity index (χ0v) is 18.5. The van der Waals surface area contributed by atoms with E-state index in [2.05, 4.69) is 5.10 Å². The van der Waals surface area contributed by atoms with Gasteiger partial charge in [0.25, 0.3) is 5.91 Å². The van der Waals surface area contributed by atoms with Crippen molar-refractivity contribution in [1.82, 2.24) is 19.0 Å². The number of carbonyl (C=O) groups excluding carboxylic acids is 1. The molecule has 1 aromatic carbocycles. The summed E-state index contributed by atoms with van der Waals surface area (Å²) in [6.45, 7) is 4.04. The van der Waals surface area contributed by atoms with Crippen molar-refractivity contribution in [2.45, 2.75) is 19.9 Å². The molecule has 4 rings (SSSR count). The summed E-state index contributed by atoms with van der Waals surface area (Å²) in [7, 11) is -3.26. The normalized spacial score (nSPS) is 16.2. The number of halogens is 1. The monoisotopic (exact) mass is 450 g/mol. The van der Waals surface area contributed by atoms with Crippen LogP contribution in [0.25, 0.3) is 10.2 Å². The highest BCUT2D eigenvalue weighted by Gasteiger charge is 2.26. The van der Waals surface area contributed by atoms with Gasteiger partial charge in [0.15, 0.2) is 0 Å². The Balaban J connectivity index is 1.56. The molecule has 0 unspecified atom stereocenters. The first-order valence-corrected chi connectivity index (χ1v) is 12.3. The van der Waals surface area contributed by atoms with Crippen molar-refractivity contribution in [3.63, 3.8) is 0 Å². The standard InChI is InChI=1S/C20H23FN4O3S2/c1-14-17-12-18(19(26)23-8-3-9-24(11-10-23)30(2,27)28)29-20(17)25(22-14)13-15-4-6-16(21)7-5-15/h4-7,12H,3,8-11,13H2,1-2H3. The number of rotatable bonds is 4. The van der Waals surface area contributed by atoms with Crippen molar-refractivity contribution in [3.05, 3.63) is 52.3 Å². The number of hydrogen-bond acceptors (Lipinski definition) is 5. The molecule has 2 aromatic heterocycles. The quantitative estimate of drug-likeness (QED) is 0.613. The molecule has 1 amide bonds. The highest BCUT2D eigenvalue weighted by atomic mass is 32.2. The third-order valence-corrected chi connectivity index (χ3v) is 7.71. The molecule has 10 heteroatoms. The van der Waals surface area contributed by atoms with Gasteiger partial charge in [0, 0.05) is 31.6 Å². The molecule has 7 nitrogen and oxygen atoms in total. The maximum absolute atomic E-state index is 13.2. The number of nitrogens with zero attached hydrogens (tertiary/aromatic N) is 4. The maximum Gasteiger partial charge on any atom is 0.264 e. The second kappa shape index (κ2) is 8.09. The van der Waals surface area contributed by atoms with Crippen molar-refractivity contribution in [3.8, 4) is 0 Å². The molecule has 1 fully saturated rings. The van der Waals surface area contributed by atoms with Gasteiger partial charge < -0.3 is 4.90 Å². The Bertz CT molecular complexity index is 1180. The Morgan fingerprint density at radius 1 is 1.17 bits per heavy atom. The van der Waals surface area contributed by atoms with Crippen LogP contribution in [-0.2, 0) is 16.6 Å². The summed E-state index contributed by atoms with van der Waals surface area (Å²) in [6.07, 6.45) is 1.81. The predicted octanol–water partition coefficient (Wildman–Crippen LogP) is 2.70. The highest BCUT2D eigenvalue weighted by Crippen LogP contribution is 2.30. The van der Waals surface area contributed by atoms with E-state index in [-0.39, 0.29) is 11.7 Å². The van der Waals surface area contributed by atoms with Gasteiger partial charge in [-0.05, 0) is 37.1 Å². The molecule has 0 atom stereocenters. The topological polar surface area (TPSA) is 75.5 Å². The SMILES string of the molecule is Cc1nn(Cc2ccc(F)cc2)c2sc(C(=O)N3CCCN(S(C)(=O)=O)CC3)cc12. The molecule has 0 spiro atoms. The molecule has 3 heterocycles. The van der Waals surface area contributed by atoms with Crippen LogP contribution in [0, 0.1) is 12.7 Å². The second-order valence-electron chi connectivity index (χ2n) is 7.51. The van der Waals surface area contributed by atoms with Gasteiger partial charge in [-0.1, -0.05) is 12.1 Å². The molecular formula is C20H23FN4O3S2. The Kier molecular flexibility index (Phi) is 5.65. The van der Waals surface area contributed by atoms with Crippen LogP contribution in [0.15, 0.2) is 30.3 Å². The summed E-state index contributed by atoms with van der Waals surface area (Å²) in [5, 5.41) is 5.50. The zero-order chi connectivity index (χ0) is 21.5. The lowest BCUT2D eigenvalue weighted by Gasteiger charge is -2.20. The predicted molar refractivity (Wildman–Crippen MR) is 115 cm³/mol. The van der Waals surface area contributed by atoms with Crippen LogP contribution in [0.4, 0.5) is 4.39 Å². The van der Waals surface area contributed by atoms with Gasteiger partial charge in [-0.3, -0.25) is 9.48 Å². The second-order valence-corrected chi connectivity index (χ2v) is 10.5. The van der Waals surface area contributed by atoms with Crippen LogP contribution in [0.3, 0.4) is 0 Å². The third kappa shape index (κ3) is 4.26. The molecule has 0 saturated carbocycles. The van der Waals surface area contributed by atoms with Crippen LogP contribution in [0.5, 0.6) is 0 Å². The largest absolute Gasteiger partial charge is 0.337 e. The van der Waals surface area contributed by atoms with Gasteiger partial charge in [-0.15, -0.1) is 11.3 Å². The van der Waals surface area contributed by atoms with Crippen molar-refractivity contribution in [2.75, 3.05) is 32.4 Å². The minimum atomic E-state index is -3.26. The number of thiophene rings is 1. The first-order valence-electron chi connectivity index (χ1n) is 9.68. The summed E-state index contributed by atoms with van der Waals surface area (Å²) in [4.78, 5) is 16.3. The minimum absolute atomic E-state index is 0.0840. The molecule has 1 saturated heterocycles. The Hall–Kier alpha value is -2.30. The van der Waals surface area contributed by atoms with E-state index in [0.717, 1.165) is 21.5 Å². The number of hydrogen-bond donors (Lipinski definition) is 0. The first-order chi connectivity index (χ1) is 14.2.